The van der Waals surface area contributed by atoms with Crippen LogP contribution in [0.5, 0.6) is 0 Å². The van der Waals surface area contributed by atoms with Crippen molar-refractivity contribution in [2.45, 2.75) is 104 Å². The van der Waals surface area contributed by atoms with Crippen molar-refractivity contribution < 1.29 is 9.47 Å². The van der Waals surface area contributed by atoms with E-state index in [0.717, 1.165) is 38.9 Å². The highest BCUT2D eigenvalue weighted by Gasteiger charge is 2.38. The predicted molar refractivity (Wildman–Crippen MR) is 101 cm³/mol. The molecule has 0 saturated carbocycles. The molecule has 0 aliphatic heterocycles. The Morgan fingerprint density at radius 3 is 1.78 bits per heavy atom. The van der Waals surface area contributed by atoms with Crippen LogP contribution in [0.25, 0.3) is 0 Å². The molecule has 0 spiro atoms. The zero-order chi connectivity index (χ0) is 17.4. The van der Waals surface area contributed by atoms with Gasteiger partial charge in [-0.1, -0.05) is 66.2 Å². The van der Waals surface area contributed by atoms with E-state index in [9.17, 15) is 0 Å². The smallest absolute Gasteiger partial charge is 0.170 e. The Bertz CT molecular complexity index is 238. The molecule has 0 bridgehead atoms. The standard InChI is InChI=1S/C20H43NO2/c1-5-9-10-11-12-13-14-19(15-16-21)20(8-4,22-17-6-2)23-18-7-3/h19H,5-18,21H2,1-4H3. The SMILES string of the molecule is CCCCCCCCC(CCN)C(CC)(OCCC)OCCC. The van der Waals surface area contributed by atoms with Gasteiger partial charge >= 0.3 is 0 Å². The highest BCUT2D eigenvalue weighted by atomic mass is 16.7. The van der Waals surface area contributed by atoms with E-state index in [-0.39, 0.29) is 0 Å². The first-order valence-corrected chi connectivity index (χ1v) is 10.2. The van der Waals surface area contributed by atoms with Gasteiger partial charge in [-0.25, -0.2) is 0 Å². The van der Waals surface area contributed by atoms with Crippen molar-refractivity contribution in [3.05, 3.63) is 0 Å². The summed E-state index contributed by atoms with van der Waals surface area (Å²) in [4.78, 5) is 0. The summed E-state index contributed by atoms with van der Waals surface area (Å²) in [6, 6.07) is 0. The van der Waals surface area contributed by atoms with Gasteiger partial charge in [0.15, 0.2) is 5.79 Å². The minimum absolute atomic E-state index is 0.418. The Morgan fingerprint density at radius 2 is 1.30 bits per heavy atom. The van der Waals surface area contributed by atoms with Crippen molar-refractivity contribution in [1.82, 2.24) is 0 Å². The van der Waals surface area contributed by atoms with Crippen molar-refractivity contribution in [2.24, 2.45) is 11.7 Å². The monoisotopic (exact) mass is 329 g/mol. The maximum Gasteiger partial charge on any atom is 0.170 e. The molecular formula is C20H43NO2. The Hall–Kier alpha value is -0.120. The van der Waals surface area contributed by atoms with E-state index in [1.807, 2.05) is 0 Å². The van der Waals surface area contributed by atoms with Crippen LogP contribution in [0.3, 0.4) is 0 Å². The van der Waals surface area contributed by atoms with Gasteiger partial charge in [-0.2, -0.15) is 0 Å². The van der Waals surface area contributed by atoms with Gasteiger partial charge in [-0.15, -0.1) is 0 Å². The first kappa shape index (κ1) is 22.9. The van der Waals surface area contributed by atoms with Crippen LogP contribution in [-0.2, 0) is 9.47 Å². The van der Waals surface area contributed by atoms with Gasteiger partial charge in [0, 0.05) is 19.1 Å². The lowest BCUT2D eigenvalue weighted by atomic mass is 9.87. The van der Waals surface area contributed by atoms with Crippen molar-refractivity contribution >= 4 is 0 Å². The van der Waals surface area contributed by atoms with Crippen LogP contribution in [0, 0.1) is 5.92 Å². The first-order chi connectivity index (χ1) is 11.2. The number of hydrogen-bond acceptors (Lipinski definition) is 3. The van der Waals surface area contributed by atoms with Gasteiger partial charge in [0.05, 0.1) is 0 Å². The number of ether oxygens (including phenoxy) is 2. The van der Waals surface area contributed by atoms with Crippen LogP contribution in [0.1, 0.15) is 98.3 Å². The van der Waals surface area contributed by atoms with Crippen LogP contribution in [0.15, 0.2) is 0 Å². The van der Waals surface area contributed by atoms with E-state index in [0.29, 0.717) is 12.5 Å². The molecule has 1 atom stereocenters. The van der Waals surface area contributed by atoms with Crippen LogP contribution in [0.2, 0.25) is 0 Å². The molecule has 0 aromatic carbocycles. The maximum absolute atomic E-state index is 6.26. The minimum Gasteiger partial charge on any atom is -0.350 e. The summed E-state index contributed by atoms with van der Waals surface area (Å²) in [6.07, 6.45) is 13.1. The molecule has 0 heterocycles. The fourth-order valence-electron chi connectivity index (χ4n) is 3.28. The molecule has 0 amide bonds. The van der Waals surface area contributed by atoms with E-state index >= 15 is 0 Å². The van der Waals surface area contributed by atoms with Crippen LogP contribution in [0.4, 0.5) is 0 Å². The van der Waals surface area contributed by atoms with Crippen LogP contribution in [-0.4, -0.2) is 25.5 Å². The van der Waals surface area contributed by atoms with Crippen molar-refractivity contribution in [1.29, 1.82) is 0 Å². The zero-order valence-electron chi connectivity index (χ0n) is 16.4. The molecule has 3 heteroatoms. The fraction of sp³-hybridized carbons (Fsp3) is 1.00. The third-order valence-corrected chi connectivity index (χ3v) is 4.64. The average molecular weight is 330 g/mol. The molecule has 140 valence electrons. The summed E-state index contributed by atoms with van der Waals surface area (Å²) >= 11 is 0. The van der Waals surface area contributed by atoms with E-state index in [2.05, 4.69) is 27.7 Å². The summed E-state index contributed by atoms with van der Waals surface area (Å²) in [6.45, 7) is 11.0. The van der Waals surface area contributed by atoms with Crippen molar-refractivity contribution in [3.63, 3.8) is 0 Å². The Kier molecular flexibility index (Phi) is 15.3. The summed E-state index contributed by atoms with van der Waals surface area (Å²) < 4.78 is 12.5. The quantitative estimate of drug-likeness (QED) is 0.276. The molecule has 0 aliphatic rings. The van der Waals surface area contributed by atoms with Crippen molar-refractivity contribution in [3.8, 4) is 0 Å². The Morgan fingerprint density at radius 1 is 0.739 bits per heavy atom. The molecule has 2 N–H and O–H groups in total. The lowest BCUT2D eigenvalue weighted by molar-refractivity contribution is -0.271. The summed E-state index contributed by atoms with van der Waals surface area (Å²) in [5.41, 5.74) is 5.90. The van der Waals surface area contributed by atoms with Gasteiger partial charge in [0.1, 0.15) is 0 Å². The number of nitrogens with two attached hydrogens (primary N) is 1. The van der Waals surface area contributed by atoms with E-state index in [4.69, 9.17) is 15.2 Å². The molecule has 23 heavy (non-hydrogen) atoms. The van der Waals surface area contributed by atoms with Gasteiger partial charge in [0.25, 0.3) is 0 Å². The van der Waals surface area contributed by atoms with Gasteiger partial charge < -0.3 is 15.2 Å². The predicted octanol–water partition coefficient (Wildman–Crippen LogP) is 5.66. The number of hydrogen-bond donors (Lipinski definition) is 1. The molecule has 0 aromatic rings. The largest absolute Gasteiger partial charge is 0.350 e. The third-order valence-electron chi connectivity index (χ3n) is 4.64. The molecule has 3 nitrogen and oxygen atoms in total. The van der Waals surface area contributed by atoms with Crippen molar-refractivity contribution in [2.75, 3.05) is 19.8 Å². The minimum atomic E-state index is -0.422. The van der Waals surface area contributed by atoms with Crippen LogP contribution < -0.4 is 5.73 Å². The zero-order valence-corrected chi connectivity index (χ0v) is 16.4. The Labute approximate surface area is 145 Å². The molecule has 0 saturated heterocycles. The highest BCUT2D eigenvalue weighted by molar-refractivity contribution is 4.80. The molecule has 1 unspecified atom stereocenters. The maximum atomic E-state index is 6.26. The number of unbranched alkanes of at least 4 members (excludes halogenated alkanes) is 5. The van der Waals surface area contributed by atoms with E-state index in [1.165, 1.54) is 44.9 Å². The molecule has 0 aromatic heterocycles. The second-order valence-electron chi connectivity index (χ2n) is 6.69. The van der Waals surface area contributed by atoms with Gasteiger partial charge in [-0.3, -0.25) is 0 Å². The lowest BCUT2D eigenvalue weighted by Gasteiger charge is -2.40. The second kappa shape index (κ2) is 15.4. The normalized spacial score (nSPS) is 13.4. The van der Waals surface area contributed by atoms with Gasteiger partial charge in [-0.05, 0) is 38.6 Å². The molecule has 0 fully saturated rings. The summed E-state index contributed by atoms with van der Waals surface area (Å²) in [7, 11) is 0. The fourth-order valence-corrected chi connectivity index (χ4v) is 3.28. The highest BCUT2D eigenvalue weighted by Crippen LogP contribution is 2.34. The average Bonchev–Trinajstić information content (AvgIpc) is 2.58. The molecule has 0 rings (SSSR count). The van der Waals surface area contributed by atoms with Gasteiger partial charge in [0.2, 0.25) is 0 Å². The Balaban J connectivity index is 4.62. The lowest BCUT2D eigenvalue weighted by Crippen LogP contribution is -2.44. The topological polar surface area (TPSA) is 44.5 Å². The van der Waals surface area contributed by atoms with E-state index in [1.54, 1.807) is 0 Å². The second-order valence-corrected chi connectivity index (χ2v) is 6.69. The summed E-state index contributed by atoms with van der Waals surface area (Å²) in [5.74, 6) is -0.00351. The molecule has 0 aliphatic carbocycles. The number of rotatable bonds is 17. The van der Waals surface area contributed by atoms with E-state index < -0.39 is 5.79 Å². The molecule has 0 radical (unpaired) electrons. The summed E-state index contributed by atoms with van der Waals surface area (Å²) in [5, 5.41) is 0. The third kappa shape index (κ3) is 9.69. The van der Waals surface area contributed by atoms with Crippen LogP contribution >= 0.6 is 0 Å². The first-order valence-electron chi connectivity index (χ1n) is 10.2. The molecular weight excluding hydrogens is 286 g/mol.